The molecule has 0 atom stereocenters. The van der Waals surface area contributed by atoms with Crippen molar-refractivity contribution in [3.63, 3.8) is 0 Å². The molecule has 0 saturated carbocycles. The molecule has 0 saturated heterocycles. The number of amides is 1. The van der Waals surface area contributed by atoms with Gasteiger partial charge < -0.3 is 14.8 Å². The summed E-state index contributed by atoms with van der Waals surface area (Å²) < 4.78 is 11.5. The summed E-state index contributed by atoms with van der Waals surface area (Å²) in [5.74, 6) is 0.331. The first-order chi connectivity index (χ1) is 13.5. The molecular formula is C17H16ClN5O4S. The van der Waals surface area contributed by atoms with Crippen molar-refractivity contribution in [2.45, 2.75) is 11.7 Å². The predicted molar refractivity (Wildman–Crippen MR) is 107 cm³/mol. The lowest BCUT2D eigenvalue weighted by atomic mass is 10.2. The molecule has 1 amide bonds. The van der Waals surface area contributed by atoms with E-state index in [9.17, 15) is 9.59 Å². The summed E-state index contributed by atoms with van der Waals surface area (Å²) in [5.41, 5.74) is 0.227. The fourth-order valence-corrected chi connectivity index (χ4v) is 3.03. The van der Waals surface area contributed by atoms with Crippen LogP contribution in [-0.2, 0) is 11.3 Å². The van der Waals surface area contributed by atoms with E-state index in [1.807, 2.05) is 6.26 Å². The van der Waals surface area contributed by atoms with Crippen LogP contribution in [0.25, 0.3) is 11.0 Å². The standard InChI is InChI=1S/C17H16ClN5O4S/c1-26-12-5-13(27-2)11(4-10(12)18)21-14(24)7-23-8-20-15-9(16(23)25)6-19-17(22-15)28-3/h4-6,8H,7H2,1-3H3,(H,21,24). The van der Waals surface area contributed by atoms with Gasteiger partial charge in [0.2, 0.25) is 5.91 Å². The monoisotopic (exact) mass is 421 g/mol. The Morgan fingerprint density at radius 1 is 1.25 bits per heavy atom. The molecule has 2 heterocycles. The van der Waals surface area contributed by atoms with Crippen molar-refractivity contribution in [3.05, 3.63) is 40.0 Å². The molecule has 0 aliphatic heterocycles. The second-order valence-electron chi connectivity index (χ2n) is 5.51. The number of carbonyl (C=O) groups is 1. The van der Waals surface area contributed by atoms with Crippen molar-refractivity contribution < 1.29 is 14.3 Å². The highest BCUT2D eigenvalue weighted by atomic mass is 35.5. The van der Waals surface area contributed by atoms with Gasteiger partial charge in [0.05, 0.1) is 24.9 Å². The number of hydrogen-bond acceptors (Lipinski definition) is 8. The van der Waals surface area contributed by atoms with Crippen LogP contribution in [0, 0.1) is 0 Å². The summed E-state index contributed by atoms with van der Waals surface area (Å²) in [7, 11) is 2.93. The Kier molecular flexibility index (Phi) is 6.00. The van der Waals surface area contributed by atoms with Crippen molar-refractivity contribution in [2.75, 3.05) is 25.8 Å². The summed E-state index contributed by atoms with van der Waals surface area (Å²) in [5, 5.41) is 3.73. The van der Waals surface area contributed by atoms with Gasteiger partial charge in [-0.1, -0.05) is 23.4 Å². The molecule has 0 spiro atoms. The molecular weight excluding hydrogens is 406 g/mol. The minimum atomic E-state index is -0.454. The zero-order valence-electron chi connectivity index (χ0n) is 15.2. The highest BCUT2D eigenvalue weighted by Crippen LogP contribution is 2.35. The van der Waals surface area contributed by atoms with Crippen LogP contribution in [0.5, 0.6) is 11.5 Å². The third kappa shape index (κ3) is 4.02. The van der Waals surface area contributed by atoms with Crippen molar-refractivity contribution >= 4 is 46.0 Å². The number of nitrogens with one attached hydrogen (secondary N) is 1. The number of carbonyl (C=O) groups excluding carboxylic acids is 1. The SMILES string of the molecule is COc1cc(OC)c(NC(=O)Cn2cnc3nc(SC)ncc3c2=O)cc1Cl. The van der Waals surface area contributed by atoms with Crippen molar-refractivity contribution in [1.82, 2.24) is 19.5 Å². The Labute approximate surface area is 169 Å². The Morgan fingerprint density at radius 3 is 2.68 bits per heavy atom. The van der Waals surface area contributed by atoms with E-state index in [0.717, 1.165) is 0 Å². The minimum Gasteiger partial charge on any atom is -0.495 e. The fourth-order valence-electron chi connectivity index (χ4n) is 2.45. The first-order valence-electron chi connectivity index (χ1n) is 7.94. The molecule has 0 aliphatic carbocycles. The van der Waals surface area contributed by atoms with E-state index >= 15 is 0 Å². The third-order valence-corrected chi connectivity index (χ3v) is 4.66. The molecule has 3 aromatic rings. The van der Waals surface area contributed by atoms with Gasteiger partial charge in [-0.3, -0.25) is 14.2 Å². The van der Waals surface area contributed by atoms with E-state index in [1.54, 1.807) is 6.07 Å². The maximum atomic E-state index is 12.6. The van der Waals surface area contributed by atoms with Crippen LogP contribution in [0.4, 0.5) is 5.69 Å². The number of fused-ring (bicyclic) bond motifs is 1. The lowest BCUT2D eigenvalue weighted by Gasteiger charge is -2.13. The maximum absolute atomic E-state index is 12.6. The van der Waals surface area contributed by atoms with Gasteiger partial charge in [-0.15, -0.1) is 0 Å². The molecule has 0 radical (unpaired) electrons. The Balaban J connectivity index is 1.85. The molecule has 9 nitrogen and oxygen atoms in total. The summed E-state index contributed by atoms with van der Waals surface area (Å²) in [6.07, 6.45) is 4.51. The minimum absolute atomic E-state index is 0.234. The zero-order valence-corrected chi connectivity index (χ0v) is 16.8. The van der Waals surface area contributed by atoms with Crippen molar-refractivity contribution in [1.29, 1.82) is 0 Å². The number of anilines is 1. The van der Waals surface area contributed by atoms with Gasteiger partial charge in [-0.2, -0.15) is 0 Å². The molecule has 0 fully saturated rings. The molecule has 0 aliphatic rings. The Morgan fingerprint density at radius 2 is 2.00 bits per heavy atom. The van der Waals surface area contributed by atoms with Crippen LogP contribution < -0.4 is 20.3 Å². The smallest absolute Gasteiger partial charge is 0.264 e. The first-order valence-corrected chi connectivity index (χ1v) is 9.54. The fraction of sp³-hybridized carbons (Fsp3) is 0.235. The van der Waals surface area contributed by atoms with Crippen LogP contribution in [0.1, 0.15) is 0 Å². The number of hydrogen-bond donors (Lipinski definition) is 1. The highest BCUT2D eigenvalue weighted by molar-refractivity contribution is 7.98. The lowest BCUT2D eigenvalue weighted by Crippen LogP contribution is -2.28. The molecule has 3 rings (SSSR count). The van der Waals surface area contributed by atoms with Crippen LogP contribution in [0.3, 0.4) is 0 Å². The molecule has 1 aromatic carbocycles. The lowest BCUT2D eigenvalue weighted by molar-refractivity contribution is -0.116. The third-order valence-electron chi connectivity index (χ3n) is 3.80. The number of methoxy groups -OCH3 is 2. The molecule has 0 bridgehead atoms. The zero-order chi connectivity index (χ0) is 20.3. The van der Waals surface area contributed by atoms with Gasteiger partial charge in [0.25, 0.3) is 5.56 Å². The number of benzene rings is 1. The summed E-state index contributed by atoms with van der Waals surface area (Å²) in [6.45, 7) is -0.251. The molecule has 0 unspecified atom stereocenters. The van der Waals surface area contributed by atoms with E-state index in [2.05, 4.69) is 20.3 Å². The number of thioether (sulfide) groups is 1. The molecule has 1 N–H and O–H groups in total. The number of halogens is 1. The first kappa shape index (κ1) is 19.9. The molecule has 2 aromatic heterocycles. The molecule has 146 valence electrons. The number of nitrogens with zero attached hydrogens (tertiary/aromatic N) is 4. The van der Waals surface area contributed by atoms with Gasteiger partial charge in [-0.05, 0) is 12.3 Å². The Hall–Kier alpha value is -2.85. The number of ether oxygens (including phenoxy) is 2. The van der Waals surface area contributed by atoms with Gasteiger partial charge in [0.15, 0.2) is 10.8 Å². The van der Waals surface area contributed by atoms with E-state index < -0.39 is 11.5 Å². The van der Waals surface area contributed by atoms with Gasteiger partial charge in [0, 0.05) is 12.3 Å². The second kappa shape index (κ2) is 8.44. The normalized spacial score (nSPS) is 10.7. The van der Waals surface area contributed by atoms with Crippen molar-refractivity contribution in [2.24, 2.45) is 0 Å². The largest absolute Gasteiger partial charge is 0.495 e. The average Bonchev–Trinajstić information content (AvgIpc) is 2.70. The molecule has 11 heteroatoms. The van der Waals surface area contributed by atoms with Gasteiger partial charge in [0.1, 0.15) is 29.8 Å². The second-order valence-corrected chi connectivity index (χ2v) is 6.69. The Bertz CT molecular complexity index is 1100. The van der Waals surface area contributed by atoms with E-state index in [4.69, 9.17) is 21.1 Å². The van der Waals surface area contributed by atoms with Crippen molar-refractivity contribution in [3.8, 4) is 11.5 Å². The van der Waals surface area contributed by atoms with Crippen LogP contribution in [0.2, 0.25) is 5.02 Å². The summed E-state index contributed by atoms with van der Waals surface area (Å²) in [4.78, 5) is 37.4. The van der Waals surface area contributed by atoms with Crippen LogP contribution in [0.15, 0.2) is 34.6 Å². The van der Waals surface area contributed by atoms with Crippen LogP contribution in [-0.4, -0.2) is 45.9 Å². The van der Waals surface area contributed by atoms with E-state index in [1.165, 1.54) is 49.1 Å². The molecule has 28 heavy (non-hydrogen) atoms. The average molecular weight is 422 g/mol. The summed E-state index contributed by atoms with van der Waals surface area (Å²) in [6, 6.07) is 3.07. The number of aromatic nitrogens is 4. The van der Waals surface area contributed by atoms with Crippen LogP contribution >= 0.6 is 23.4 Å². The van der Waals surface area contributed by atoms with Gasteiger partial charge in [-0.25, -0.2) is 15.0 Å². The summed E-state index contributed by atoms with van der Waals surface area (Å²) >= 11 is 7.45. The predicted octanol–water partition coefficient (Wildman–Crippen LogP) is 2.22. The van der Waals surface area contributed by atoms with Gasteiger partial charge >= 0.3 is 0 Å². The quantitative estimate of drug-likeness (QED) is 0.476. The number of rotatable bonds is 6. The maximum Gasteiger partial charge on any atom is 0.264 e. The van der Waals surface area contributed by atoms with E-state index in [0.29, 0.717) is 27.4 Å². The topological polar surface area (TPSA) is 108 Å². The van der Waals surface area contributed by atoms with E-state index in [-0.39, 0.29) is 17.6 Å². The highest BCUT2D eigenvalue weighted by Gasteiger charge is 2.14.